The molecule has 2 aliphatic carbocycles. The van der Waals surface area contributed by atoms with Gasteiger partial charge in [0.2, 0.25) is 11.8 Å². The number of carboxylic acids is 1. The Morgan fingerprint density at radius 3 is 2.17 bits per heavy atom. The van der Waals surface area contributed by atoms with Crippen molar-refractivity contribution in [3.8, 4) is 0 Å². The summed E-state index contributed by atoms with van der Waals surface area (Å²) in [7, 11) is 1.67. The third kappa shape index (κ3) is 5.22. The Balaban J connectivity index is 1.71. The molecule has 130 valence electrons. The molecule has 6 heteroatoms. The van der Waals surface area contributed by atoms with E-state index in [-0.39, 0.29) is 42.7 Å². The Morgan fingerprint density at radius 2 is 1.61 bits per heavy atom. The fourth-order valence-electron chi connectivity index (χ4n) is 3.68. The first-order chi connectivity index (χ1) is 11.0. The molecule has 2 aliphatic rings. The normalized spacial score (nSPS) is 25.1. The molecule has 6 nitrogen and oxygen atoms in total. The van der Waals surface area contributed by atoms with Crippen molar-refractivity contribution in [1.29, 1.82) is 0 Å². The summed E-state index contributed by atoms with van der Waals surface area (Å²) in [6.07, 6.45) is 7.52. The van der Waals surface area contributed by atoms with E-state index in [0.717, 1.165) is 51.4 Å². The van der Waals surface area contributed by atoms with Crippen LogP contribution in [0.5, 0.6) is 0 Å². The number of carboxylic acid groups (broad SMARTS) is 1. The number of carbonyl (C=O) groups is 3. The van der Waals surface area contributed by atoms with Gasteiger partial charge in [-0.15, -0.1) is 0 Å². The topological polar surface area (TPSA) is 86.7 Å². The molecule has 0 spiro atoms. The zero-order valence-electron chi connectivity index (χ0n) is 13.9. The second-order valence-corrected chi connectivity index (χ2v) is 6.94. The Labute approximate surface area is 137 Å². The monoisotopic (exact) mass is 324 g/mol. The Hall–Kier alpha value is -1.59. The van der Waals surface area contributed by atoms with Crippen molar-refractivity contribution in [2.75, 3.05) is 13.6 Å². The fourth-order valence-corrected chi connectivity index (χ4v) is 3.68. The predicted molar refractivity (Wildman–Crippen MR) is 85.7 cm³/mol. The van der Waals surface area contributed by atoms with E-state index in [1.165, 1.54) is 4.90 Å². The molecule has 0 bridgehead atoms. The average Bonchev–Trinajstić information content (AvgIpc) is 3.07. The number of carbonyl (C=O) groups excluding carboxylic acids is 2. The second-order valence-electron chi connectivity index (χ2n) is 6.94. The van der Waals surface area contributed by atoms with Crippen LogP contribution in [-0.2, 0) is 14.4 Å². The molecule has 2 fully saturated rings. The SMILES string of the molecule is CN(CCC(=O)O)C(=O)C1CCC(NC(=O)C2CCCC2)CC1. The lowest BCUT2D eigenvalue weighted by Gasteiger charge is -2.31. The summed E-state index contributed by atoms with van der Waals surface area (Å²) in [5.74, 6) is -0.504. The van der Waals surface area contributed by atoms with Crippen molar-refractivity contribution >= 4 is 17.8 Å². The van der Waals surface area contributed by atoms with Crippen LogP contribution >= 0.6 is 0 Å². The summed E-state index contributed by atoms with van der Waals surface area (Å²) in [6, 6.07) is 0.191. The van der Waals surface area contributed by atoms with Gasteiger partial charge in [0, 0.05) is 31.5 Å². The molecule has 0 atom stereocenters. The summed E-state index contributed by atoms with van der Waals surface area (Å²) < 4.78 is 0. The highest BCUT2D eigenvalue weighted by Crippen LogP contribution is 2.28. The van der Waals surface area contributed by atoms with E-state index >= 15 is 0 Å². The van der Waals surface area contributed by atoms with Crippen LogP contribution in [0, 0.1) is 11.8 Å². The minimum Gasteiger partial charge on any atom is -0.481 e. The highest BCUT2D eigenvalue weighted by molar-refractivity contribution is 5.80. The van der Waals surface area contributed by atoms with E-state index in [1.54, 1.807) is 7.05 Å². The van der Waals surface area contributed by atoms with Crippen molar-refractivity contribution in [2.24, 2.45) is 11.8 Å². The second kappa shape index (κ2) is 8.31. The van der Waals surface area contributed by atoms with Crippen LogP contribution in [0.15, 0.2) is 0 Å². The lowest BCUT2D eigenvalue weighted by atomic mass is 9.85. The number of nitrogens with one attached hydrogen (secondary N) is 1. The van der Waals surface area contributed by atoms with Crippen LogP contribution in [0.2, 0.25) is 0 Å². The van der Waals surface area contributed by atoms with Crippen molar-refractivity contribution in [1.82, 2.24) is 10.2 Å². The van der Waals surface area contributed by atoms with E-state index in [1.807, 2.05) is 0 Å². The van der Waals surface area contributed by atoms with Crippen molar-refractivity contribution in [3.05, 3.63) is 0 Å². The highest BCUT2D eigenvalue weighted by atomic mass is 16.4. The van der Waals surface area contributed by atoms with Crippen LogP contribution in [0.1, 0.15) is 57.8 Å². The zero-order valence-corrected chi connectivity index (χ0v) is 13.9. The fraction of sp³-hybridized carbons (Fsp3) is 0.824. The van der Waals surface area contributed by atoms with Crippen LogP contribution in [0.25, 0.3) is 0 Å². The van der Waals surface area contributed by atoms with Gasteiger partial charge in [-0.2, -0.15) is 0 Å². The van der Waals surface area contributed by atoms with Crippen molar-refractivity contribution in [2.45, 2.75) is 63.8 Å². The van der Waals surface area contributed by atoms with Gasteiger partial charge in [-0.3, -0.25) is 14.4 Å². The van der Waals surface area contributed by atoms with Gasteiger partial charge in [-0.1, -0.05) is 12.8 Å². The summed E-state index contributed by atoms with van der Waals surface area (Å²) in [5.41, 5.74) is 0. The number of hydrogen-bond acceptors (Lipinski definition) is 3. The van der Waals surface area contributed by atoms with Crippen LogP contribution < -0.4 is 5.32 Å². The number of rotatable bonds is 6. The molecule has 0 aromatic carbocycles. The molecule has 0 radical (unpaired) electrons. The molecule has 0 saturated heterocycles. The summed E-state index contributed by atoms with van der Waals surface area (Å²) in [4.78, 5) is 36.5. The number of nitrogens with zero attached hydrogens (tertiary/aromatic N) is 1. The molecule has 0 heterocycles. The first kappa shape index (κ1) is 17.8. The summed E-state index contributed by atoms with van der Waals surface area (Å²) in [6.45, 7) is 0.256. The predicted octanol–water partition coefficient (Wildman–Crippen LogP) is 1.78. The van der Waals surface area contributed by atoms with Crippen LogP contribution in [0.3, 0.4) is 0 Å². The van der Waals surface area contributed by atoms with Gasteiger partial charge in [0.15, 0.2) is 0 Å². The van der Waals surface area contributed by atoms with Crippen molar-refractivity contribution < 1.29 is 19.5 Å². The number of aliphatic carboxylic acids is 1. The molecule has 0 unspecified atom stereocenters. The highest BCUT2D eigenvalue weighted by Gasteiger charge is 2.30. The molecule has 2 N–H and O–H groups in total. The van der Waals surface area contributed by atoms with E-state index in [4.69, 9.17) is 5.11 Å². The molecular weight excluding hydrogens is 296 g/mol. The van der Waals surface area contributed by atoms with Gasteiger partial charge >= 0.3 is 5.97 Å². The van der Waals surface area contributed by atoms with Crippen molar-refractivity contribution in [3.63, 3.8) is 0 Å². The lowest BCUT2D eigenvalue weighted by molar-refractivity contribution is -0.139. The van der Waals surface area contributed by atoms with Gasteiger partial charge in [0.05, 0.1) is 6.42 Å². The zero-order chi connectivity index (χ0) is 16.8. The molecule has 2 rings (SSSR count). The quantitative estimate of drug-likeness (QED) is 0.780. The van der Waals surface area contributed by atoms with Gasteiger partial charge in [0.25, 0.3) is 0 Å². The number of hydrogen-bond donors (Lipinski definition) is 2. The smallest absolute Gasteiger partial charge is 0.305 e. The third-order valence-corrected chi connectivity index (χ3v) is 5.19. The van der Waals surface area contributed by atoms with Gasteiger partial charge < -0.3 is 15.3 Å². The Morgan fingerprint density at radius 1 is 1.00 bits per heavy atom. The van der Waals surface area contributed by atoms with Crippen LogP contribution in [-0.4, -0.2) is 47.4 Å². The molecule has 0 aromatic heterocycles. The molecule has 2 saturated carbocycles. The van der Waals surface area contributed by atoms with E-state index in [2.05, 4.69) is 5.32 Å². The maximum absolute atomic E-state index is 12.3. The largest absolute Gasteiger partial charge is 0.481 e. The third-order valence-electron chi connectivity index (χ3n) is 5.19. The minimum absolute atomic E-state index is 0.0188. The first-order valence-electron chi connectivity index (χ1n) is 8.74. The van der Waals surface area contributed by atoms with Gasteiger partial charge in [0.1, 0.15) is 0 Å². The summed E-state index contributed by atoms with van der Waals surface area (Å²) >= 11 is 0. The van der Waals surface area contributed by atoms with Gasteiger partial charge in [-0.05, 0) is 38.5 Å². The standard InChI is InChI=1S/C17H28N2O4/c1-19(11-10-15(20)21)17(23)13-6-8-14(9-7-13)18-16(22)12-4-2-3-5-12/h12-14H,2-11H2,1H3,(H,18,22)(H,20,21). The maximum Gasteiger partial charge on any atom is 0.305 e. The van der Waals surface area contributed by atoms with E-state index < -0.39 is 5.97 Å². The lowest BCUT2D eigenvalue weighted by Crippen LogP contribution is -2.43. The average molecular weight is 324 g/mol. The van der Waals surface area contributed by atoms with Gasteiger partial charge in [-0.25, -0.2) is 0 Å². The van der Waals surface area contributed by atoms with E-state index in [9.17, 15) is 14.4 Å². The summed E-state index contributed by atoms with van der Waals surface area (Å²) in [5, 5.41) is 11.8. The molecule has 0 aromatic rings. The molecule has 2 amide bonds. The van der Waals surface area contributed by atoms with E-state index in [0.29, 0.717) is 0 Å². The molecule has 23 heavy (non-hydrogen) atoms. The minimum atomic E-state index is -0.886. The number of amides is 2. The maximum atomic E-state index is 12.3. The first-order valence-corrected chi connectivity index (χ1v) is 8.74. The Bertz CT molecular complexity index is 438. The van der Waals surface area contributed by atoms with Crippen LogP contribution in [0.4, 0.5) is 0 Å². The molecular formula is C17H28N2O4. The molecule has 0 aliphatic heterocycles. The Kier molecular flexibility index (Phi) is 6.42.